The van der Waals surface area contributed by atoms with E-state index in [4.69, 9.17) is 0 Å². The second-order valence-electron chi connectivity index (χ2n) is 6.82. The number of halogens is 1. The third-order valence-corrected chi connectivity index (χ3v) is 6.32. The highest BCUT2D eigenvalue weighted by atomic mass is 35.5. The van der Waals surface area contributed by atoms with Crippen LogP contribution >= 0.6 is 12.4 Å². The van der Waals surface area contributed by atoms with Gasteiger partial charge < -0.3 is 10.6 Å². The molecular formula is C14H27ClN2O2S. The van der Waals surface area contributed by atoms with Crippen molar-refractivity contribution in [3.8, 4) is 0 Å². The van der Waals surface area contributed by atoms with Crippen molar-refractivity contribution in [2.75, 3.05) is 25.4 Å². The molecule has 2 aliphatic rings. The van der Waals surface area contributed by atoms with E-state index in [0.29, 0.717) is 17.7 Å². The molecule has 0 aromatic heterocycles. The molecule has 2 rings (SSSR count). The Morgan fingerprint density at radius 2 is 1.95 bits per heavy atom. The second-order valence-corrected chi connectivity index (χ2v) is 9.15. The Kier molecular flexibility index (Phi) is 6.05. The number of hydrogen-bond donors (Lipinski definition) is 2. The van der Waals surface area contributed by atoms with Crippen molar-refractivity contribution < 1.29 is 9.00 Å². The zero-order valence-corrected chi connectivity index (χ0v) is 14.3. The van der Waals surface area contributed by atoms with Crippen LogP contribution in [0.3, 0.4) is 0 Å². The van der Waals surface area contributed by atoms with E-state index in [1.165, 1.54) is 0 Å². The summed E-state index contributed by atoms with van der Waals surface area (Å²) in [5.74, 6) is 0.932. The van der Waals surface area contributed by atoms with E-state index < -0.39 is 10.8 Å². The van der Waals surface area contributed by atoms with Gasteiger partial charge in [-0.25, -0.2) is 0 Å². The Hall–Kier alpha value is -0.130. The Bertz CT molecular complexity index is 376. The smallest absolute Gasteiger partial charge is 0.223 e. The first-order valence-corrected chi connectivity index (χ1v) is 8.54. The summed E-state index contributed by atoms with van der Waals surface area (Å²) in [6.45, 7) is 8.52. The fourth-order valence-corrected chi connectivity index (χ4v) is 3.79. The van der Waals surface area contributed by atoms with Gasteiger partial charge in [-0.3, -0.25) is 9.00 Å². The van der Waals surface area contributed by atoms with Crippen LogP contribution in [0.5, 0.6) is 0 Å². The maximum absolute atomic E-state index is 12.1. The number of hydrogen-bond acceptors (Lipinski definition) is 3. The van der Waals surface area contributed by atoms with Crippen molar-refractivity contribution in [3.63, 3.8) is 0 Å². The molecule has 4 nitrogen and oxygen atoms in total. The van der Waals surface area contributed by atoms with Crippen LogP contribution in [0.15, 0.2) is 0 Å². The van der Waals surface area contributed by atoms with Gasteiger partial charge in [0.15, 0.2) is 0 Å². The Morgan fingerprint density at radius 3 is 2.50 bits per heavy atom. The van der Waals surface area contributed by atoms with E-state index in [1.807, 2.05) is 20.8 Å². The third kappa shape index (κ3) is 4.18. The number of carbonyl (C=O) groups excluding carboxylic acids is 1. The van der Waals surface area contributed by atoms with Gasteiger partial charge in [0.2, 0.25) is 5.91 Å². The van der Waals surface area contributed by atoms with Crippen molar-refractivity contribution in [1.29, 1.82) is 0 Å². The Balaban J connectivity index is 0.00000200. The second kappa shape index (κ2) is 6.75. The van der Waals surface area contributed by atoms with E-state index >= 15 is 0 Å². The third-order valence-electron chi connectivity index (χ3n) is 4.38. The molecule has 0 aromatic carbocycles. The van der Waals surface area contributed by atoms with Gasteiger partial charge in [-0.05, 0) is 58.5 Å². The molecule has 0 radical (unpaired) electrons. The van der Waals surface area contributed by atoms with Crippen molar-refractivity contribution in [3.05, 3.63) is 0 Å². The maximum Gasteiger partial charge on any atom is 0.223 e. The monoisotopic (exact) mass is 322 g/mol. The van der Waals surface area contributed by atoms with Gasteiger partial charge in [0, 0.05) is 33.8 Å². The zero-order chi connectivity index (χ0) is 14.1. The molecule has 2 fully saturated rings. The predicted octanol–water partition coefficient (Wildman–Crippen LogP) is 1.46. The zero-order valence-electron chi connectivity index (χ0n) is 12.7. The summed E-state index contributed by atoms with van der Waals surface area (Å²) in [6, 6.07) is 0. The predicted molar refractivity (Wildman–Crippen MR) is 85.7 cm³/mol. The van der Waals surface area contributed by atoms with Crippen molar-refractivity contribution in [2.24, 2.45) is 11.3 Å². The summed E-state index contributed by atoms with van der Waals surface area (Å²) < 4.78 is 11.7. The molecule has 6 heteroatoms. The highest BCUT2D eigenvalue weighted by Crippen LogP contribution is 2.58. The SMILES string of the molecule is CC(C)(C)S(=O)CCNC(=O)C1CC12CCNCC2.Cl. The van der Waals surface area contributed by atoms with E-state index in [2.05, 4.69) is 10.6 Å². The van der Waals surface area contributed by atoms with Crippen LogP contribution in [0.25, 0.3) is 0 Å². The lowest BCUT2D eigenvalue weighted by Crippen LogP contribution is -2.36. The summed E-state index contributed by atoms with van der Waals surface area (Å²) in [4.78, 5) is 12.1. The van der Waals surface area contributed by atoms with Gasteiger partial charge in [0.1, 0.15) is 0 Å². The molecule has 1 spiro atoms. The van der Waals surface area contributed by atoms with Gasteiger partial charge in [-0.2, -0.15) is 0 Å². The Labute approximate surface area is 130 Å². The maximum atomic E-state index is 12.1. The average Bonchev–Trinajstić information content (AvgIpc) is 3.02. The molecule has 2 N–H and O–H groups in total. The van der Waals surface area contributed by atoms with Crippen LogP contribution in [0.2, 0.25) is 0 Å². The fraction of sp³-hybridized carbons (Fsp3) is 0.929. The van der Waals surface area contributed by atoms with Gasteiger partial charge in [0.05, 0.1) is 0 Å². The molecule has 118 valence electrons. The summed E-state index contributed by atoms with van der Waals surface area (Å²) >= 11 is 0. The number of carbonyl (C=O) groups is 1. The topological polar surface area (TPSA) is 58.2 Å². The van der Waals surface area contributed by atoms with Crippen molar-refractivity contribution in [1.82, 2.24) is 10.6 Å². The van der Waals surface area contributed by atoms with E-state index in [0.717, 1.165) is 32.4 Å². The first-order valence-electron chi connectivity index (χ1n) is 7.22. The van der Waals surface area contributed by atoms with Crippen molar-refractivity contribution >= 4 is 29.1 Å². The summed E-state index contributed by atoms with van der Waals surface area (Å²) in [7, 11) is -0.885. The first kappa shape index (κ1) is 17.9. The van der Waals surface area contributed by atoms with E-state index in [1.54, 1.807) is 0 Å². The van der Waals surface area contributed by atoms with Crippen LogP contribution in [-0.2, 0) is 15.6 Å². The molecule has 1 heterocycles. The number of piperidine rings is 1. The number of nitrogens with one attached hydrogen (secondary N) is 2. The van der Waals surface area contributed by atoms with E-state index in [-0.39, 0.29) is 29.0 Å². The molecule has 20 heavy (non-hydrogen) atoms. The van der Waals surface area contributed by atoms with Crippen LogP contribution < -0.4 is 10.6 Å². The lowest BCUT2D eigenvalue weighted by atomic mass is 9.92. The van der Waals surface area contributed by atoms with Crippen LogP contribution in [0, 0.1) is 11.3 Å². The van der Waals surface area contributed by atoms with Crippen molar-refractivity contribution in [2.45, 2.75) is 44.8 Å². The lowest BCUT2D eigenvalue weighted by Gasteiger charge is -2.23. The number of amides is 1. The quantitative estimate of drug-likeness (QED) is 0.824. The molecule has 2 atom stereocenters. The molecular weight excluding hydrogens is 296 g/mol. The molecule has 0 bridgehead atoms. The Morgan fingerprint density at radius 1 is 1.35 bits per heavy atom. The lowest BCUT2D eigenvalue weighted by molar-refractivity contribution is -0.123. The summed E-state index contributed by atoms with van der Waals surface area (Å²) in [6.07, 6.45) is 3.29. The normalized spacial score (nSPS) is 25.6. The molecule has 1 aliphatic heterocycles. The minimum absolute atomic E-state index is 0. The first-order chi connectivity index (χ1) is 8.85. The van der Waals surface area contributed by atoms with Gasteiger partial charge in [-0.15, -0.1) is 12.4 Å². The fourth-order valence-electron chi connectivity index (χ4n) is 2.89. The molecule has 1 saturated carbocycles. The largest absolute Gasteiger partial charge is 0.355 e. The van der Waals surface area contributed by atoms with Gasteiger partial charge in [0.25, 0.3) is 0 Å². The number of rotatable bonds is 4. The summed E-state index contributed by atoms with van der Waals surface area (Å²) in [5.41, 5.74) is 0.290. The summed E-state index contributed by atoms with van der Waals surface area (Å²) in [5, 5.41) is 6.31. The highest BCUT2D eigenvalue weighted by molar-refractivity contribution is 7.86. The molecule has 1 saturated heterocycles. The minimum Gasteiger partial charge on any atom is -0.355 e. The van der Waals surface area contributed by atoms with Gasteiger partial charge >= 0.3 is 0 Å². The van der Waals surface area contributed by atoms with Crippen LogP contribution in [0.1, 0.15) is 40.0 Å². The highest BCUT2D eigenvalue weighted by Gasteiger charge is 2.57. The standard InChI is InChI=1S/C14H26N2O2S.ClH/c1-13(2,3)19(18)9-8-16-12(17)11-10-14(11)4-6-15-7-5-14;/h11,15H,4-10H2,1-3H3,(H,16,17);1H. The van der Waals surface area contributed by atoms with Gasteiger partial charge in [-0.1, -0.05) is 0 Å². The molecule has 0 aromatic rings. The minimum atomic E-state index is -0.885. The molecule has 1 amide bonds. The molecule has 2 unspecified atom stereocenters. The average molecular weight is 323 g/mol. The van der Waals surface area contributed by atoms with E-state index in [9.17, 15) is 9.00 Å². The molecule has 1 aliphatic carbocycles. The van der Waals surface area contributed by atoms with Crippen LogP contribution in [-0.4, -0.2) is 40.3 Å². The van der Waals surface area contributed by atoms with Crippen LogP contribution in [0.4, 0.5) is 0 Å².